The first-order chi connectivity index (χ1) is 21.1. The first-order valence-electron chi connectivity index (χ1n) is 16.6. The Balaban J connectivity index is 1.67. The van der Waals surface area contributed by atoms with E-state index in [9.17, 15) is 0 Å². The van der Waals surface area contributed by atoms with E-state index in [1.165, 1.54) is 96.7 Å². The van der Waals surface area contributed by atoms with E-state index >= 15 is 0 Å². The summed E-state index contributed by atoms with van der Waals surface area (Å²) < 4.78 is 0. The molecule has 0 saturated heterocycles. The molecular formula is C41H48N2. The SMILES string of the molecule is CCCCCCCC#Cc1cccc2c1C(c1ccc(N)cc1)(c1ccc(N)cc1)c1cc(CCCCCCC)ccc1-2. The van der Waals surface area contributed by atoms with Gasteiger partial charge in [0.05, 0.1) is 5.41 Å². The first-order valence-corrected chi connectivity index (χ1v) is 16.6. The van der Waals surface area contributed by atoms with Gasteiger partial charge in [-0.25, -0.2) is 0 Å². The summed E-state index contributed by atoms with van der Waals surface area (Å²) in [5, 5.41) is 0. The van der Waals surface area contributed by atoms with E-state index in [0.717, 1.165) is 36.2 Å². The molecule has 2 nitrogen and oxygen atoms in total. The lowest BCUT2D eigenvalue weighted by molar-refractivity contribution is 0.631. The molecule has 0 aliphatic heterocycles. The summed E-state index contributed by atoms with van der Waals surface area (Å²) in [5.41, 5.74) is 23.6. The van der Waals surface area contributed by atoms with Gasteiger partial charge >= 0.3 is 0 Å². The normalized spacial score (nSPS) is 12.8. The Kier molecular flexibility index (Phi) is 10.3. The fourth-order valence-corrected chi connectivity index (χ4v) is 6.85. The molecule has 0 atom stereocenters. The Morgan fingerprint density at radius 2 is 1.21 bits per heavy atom. The predicted octanol–water partition coefficient (Wildman–Crippen LogP) is 10.4. The number of aryl methyl sites for hydroxylation is 1. The molecule has 0 heterocycles. The maximum Gasteiger partial charge on any atom is 0.0725 e. The lowest BCUT2D eigenvalue weighted by atomic mass is 9.66. The van der Waals surface area contributed by atoms with E-state index in [0.29, 0.717) is 0 Å². The molecule has 4 N–H and O–H groups in total. The van der Waals surface area contributed by atoms with Crippen LogP contribution in [-0.4, -0.2) is 0 Å². The molecule has 2 heteroatoms. The molecule has 0 saturated carbocycles. The second kappa shape index (κ2) is 14.5. The summed E-state index contributed by atoms with van der Waals surface area (Å²) in [5.74, 6) is 7.22. The summed E-state index contributed by atoms with van der Waals surface area (Å²) in [6.07, 6.45) is 14.7. The summed E-state index contributed by atoms with van der Waals surface area (Å²) in [4.78, 5) is 0. The molecule has 0 radical (unpaired) electrons. The van der Waals surface area contributed by atoms with Gasteiger partial charge in [-0.3, -0.25) is 0 Å². The third kappa shape index (κ3) is 6.52. The molecule has 43 heavy (non-hydrogen) atoms. The average Bonchev–Trinajstić information content (AvgIpc) is 3.32. The highest BCUT2D eigenvalue weighted by Gasteiger charge is 2.47. The van der Waals surface area contributed by atoms with Crippen LogP contribution < -0.4 is 11.5 Å². The van der Waals surface area contributed by atoms with Crippen LogP contribution in [0.25, 0.3) is 11.1 Å². The van der Waals surface area contributed by atoms with E-state index in [1.807, 2.05) is 24.3 Å². The lowest BCUT2D eigenvalue weighted by Gasteiger charge is -2.35. The third-order valence-corrected chi connectivity index (χ3v) is 9.10. The number of hydrogen-bond acceptors (Lipinski definition) is 2. The van der Waals surface area contributed by atoms with Gasteiger partial charge in [0.2, 0.25) is 0 Å². The van der Waals surface area contributed by atoms with Gasteiger partial charge in [0.1, 0.15) is 0 Å². The molecular weight excluding hydrogens is 520 g/mol. The minimum atomic E-state index is -0.517. The van der Waals surface area contributed by atoms with Gasteiger partial charge in [-0.2, -0.15) is 0 Å². The second-order valence-corrected chi connectivity index (χ2v) is 12.2. The molecule has 1 aliphatic carbocycles. The maximum absolute atomic E-state index is 6.25. The van der Waals surface area contributed by atoms with Crippen LogP contribution in [0, 0.1) is 11.8 Å². The van der Waals surface area contributed by atoms with Crippen LogP contribution in [0.4, 0.5) is 11.4 Å². The number of benzene rings is 4. The van der Waals surface area contributed by atoms with E-state index in [-0.39, 0.29) is 0 Å². The molecule has 1 aliphatic rings. The minimum absolute atomic E-state index is 0.517. The Labute approximate surface area is 259 Å². The molecule has 222 valence electrons. The zero-order valence-corrected chi connectivity index (χ0v) is 26.2. The molecule has 0 amide bonds. The smallest absolute Gasteiger partial charge is 0.0725 e. The highest BCUT2D eigenvalue weighted by Crippen LogP contribution is 2.57. The van der Waals surface area contributed by atoms with Crippen LogP contribution in [0.15, 0.2) is 84.9 Å². The van der Waals surface area contributed by atoms with Crippen molar-refractivity contribution in [2.24, 2.45) is 0 Å². The van der Waals surface area contributed by atoms with Crippen molar-refractivity contribution in [3.05, 3.63) is 118 Å². The predicted molar refractivity (Wildman–Crippen MR) is 185 cm³/mol. The summed E-state index contributed by atoms with van der Waals surface area (Å²) >= 11 is 0. The highest BCUT2D eigenvalue weighted by molar-refractivity contribution is 5.88. The zero-order chi connectivity index (χ0) is 30.1. The standard InChI is InChI=1S/C41H48N2/c1-3-5-7-9-10-12-14-17-32-18-15-19-38-37-29-20-31(16-13-11-8-6-4-2)30-39(37)41(40(32)38,33-21-25-35(42)26-22-33)34-23-27-36(43)28-24-34/h15,18-30H,3-13,16,42-43H2,1-2H3. The van der Waals surface area contributed by atoms with Gasteiger partial charge in [0.15, 0.2) is 0 Å². The summed E-state index contributed by atoms with van der Waals surface area (Å²) in [6, 6.07) is 30.8. The van der Waals surface area contributed by atoms with Crippen LogP contribution >= 0.6 is 0 Å². The van der Waals surface area contributed by atoms with E-state index < -0.39 is 5.41 Å². The van der Waals surface area contributed by atoms with Crippen LogP contribution in [-0.2, 0) is 11.8 Å². The van der Waals surface area contributed by atoms with Crippen molar-refractivity contribution >= 4 is 11.4 Å². The Morgan fingerprint density at radius 1 is 0.605 bits per heavy atom. The molecule has 0 aromatic heterocycles. The zero-order valence-electron chi connectivity index (χ0n) is 26.2. The third-order valence-electron chi connectivity index (χ3n) is 9.10. The van der Waals surface area contributed by atoms with Crippen molar-refractivity contribution in [1.29, 1.82) is 0 Å². The largest absolute Gasteiger partial charge is 0.399 e. The minimum Gasteiger partial charge on any atom is -0.399 e. The summed E-state index contributed by atoms with van der Waals surface area (Å²) in [6.45, 7) is 4.54. The van der Waals surface area contributed by atoms with Gasteiger partial charge in [0, 0.05) is 23.4 Å². The Hall–Kier alpha value is -3.96. The molecule has 4 aromatic carbocycles. The van der Waals surface area contributed by atoms with Crippen LogP contribution in [0.2, 0.25) is 0 Å². The molecule has 0 fully saturated rings. The van der Waals surface area contributed by atoms with E-state index in [2.05, 4.69) is 86.4 Å². The van der Waals surface area contributed by atoms with Gasteiger partial charge in [-0.1, -0.05) is 132 Å². The van der Waals surface area contributed by atoms with Crippen LogP contribution in [0.5, 0.6) is 0 Å². The monoisotopic (exact) mass is 568 g/mol. The summed E-state index contributed by atoms with van der Waals surface area (Å²) in [7, 11) is 0. The number of anilines is 2. The van der Waals surface area contributed by atoms with E-state index in [1.54, 1.807) is 0 Å². The van der Waals surface area contributed by atoms with Crippen molar-refractivity contribution in [3.63, 3.8) is 0 Å². The molecule has 4 aromatic rings. The van der Waals surface area contributed by atoms with Crippen molar-refractivity contribution in [2.45, 2.75) is 96.3 Å². The van der Waals surface area contributed by atoms with Gasteiger partial charge < -0.3 is 11.5 Å². The van der Waals surface area contributed by atoms with E-state index in [4.69, 9.17) is 11.5 Å². The highest BCUT2D eigenvalue weighted by atomic mass is 14.6. The fraction of sp³-hybridized carbons (Fsp3) is 0.366. The van der Waals surface area contributed by atoms with Crippen molar-refractivity contribution in [2.75, 3.05) is 11.5 Å². The molecule has 0 spiro atoms. The first kappa shape index (κ1) is 30.5. The van der Waals surface area contributed by atoms with Crippen molar-refractivity contribution in [1.82, 2.24) is 0 Å². The van der Waals surface area contributed by atoms with Crippen molar-refractivity contribution in [3.8, 4) is 23.0 Å². The number of nitrogens with two attached hydrogens (primary N) is 2. The van der Waals surface area contributed by atoms with Gasteiger partial charge in [-0.15, -0.1) is 0 Å². The number of nitrogen functional groups attached to an aromatic ring is 2. The number of unbranched alkanes of at least 4 members (excludes halogenated alkanes) is 9. The molecule has 0 bridgehead atoms. The number of hydrogen-bond donors (Lipinski definition) is 2. The lowest BCUT2D eigenvalue weighted by Crippen LogP contribution is -2.29. The number of rotatable bonds is 13. The quantitative estimate of drug-likeness (QED) is 0.0843. The maximum atomic E-state index is 6.25. The van der Waals surface area contributed by atoms with Crippen molar-refractivity contribution < 1.29 is 0 Å². The Morgan fingerprint density at radius 3 is 1.84 bits per heavy atom. The average molecular weight is 569 g/mol. The molecule has 0 unspecified atom stereocenters. The second-order valence-electron chi connectivity index (χ2n) is 12.2. The van der Waals surface area contributed by atoms with Gasteiger partial charge in [-0.05, 0) is 88.5 Å². The fourth-order valence-electron chi connectivity index (χ4n) is 6.85. The Bertz CT molecular complexity index is 1510. The van der Waals surface area contributed by atoms with Crippen LogP contribution in [0.1, 0.15) is 118 Å². The molecule has 5 rings (SSSR count). The topological polar surface area (TPSA) is 52.0 Å². The van der Waals surface area contributed by atoms with Crippen LogP contribution in [0.3, 0.4) is 0 Å². The van der Waals surface area contributed by atoms with Gasteiger partial charge in [0.25, 0.3) is 0 Å². The number of fused-ring (bicyclic) bond motifs is 3.